The summed E-state index contributed by atoms with van der Waals surface area (Å²) in [6.07, 6.45) is 0. The van der Waals surface area contributed by atoms with Crippen LogP contribution in [0.25, 0.3) is 22.2 Å². The van der Waals surface area contributed by atoms with Gasteiger partial charge in [0.25, 0.3) is 0 Å². The lowest BCUT2D eigenvalue weighted by molar-refractivity contribution is 1.01. The van der Waals surface area contributed by atoms with Crippen molar-refractivity contribution in [2.45, 2.75) is 5.16 Å². The lowest BCUT2D eigenvalue weighted by atomic mass is 10.1. The van der Waals surface area contributed by atoms with E-state index in [4.69, 9.17) is 5.26 Å². The van der Waals surface area contributed by atoms with Crippen molar-refractivity contribution in [1.29, 1.82) is 5.26 Å². The van der Waals surface area contributed by atoms with Crippen LogP contribution in [0.5, 0.6) is 0 Å². The largest absolute Gasteiger partial charge is 0.222 e. The molecule has 0 aliphatic carbocycles. The van der Waals surface area contributed by atoms with Gasteiger partial charge in [0, 0.05) is 10.9 Å². The Labute approximate surface area is 121 Å². The third-order valence-electron chi connectivity index (χ3n) is 2.90. The van der Waals surface area contributed by atoms with E-state index in [1.165, 1.54) is 11.8 Å². The average molecular weight is 277 g/mol. The number of para-hydroxylation sites is 1. The second-order valence-corrected chi connectivity index (χ2v) is 5.13. The summed E-state index contributed by atoms with van der Waals surface area (Å²) >= 11 is 1.36. The molecule has 0 spiro atoms. The number of nitriles is 1. The monoisotopic (exact) mass is 277 g/mol. The number of rotatable bonds is 3. The van der Waals surface area contributed by atoms with Gasteiger partial charge in [0.05, 0.1) is 23.0 Å². The molecule has 4 heteroatoms. The number of nitrogens with zero attached hydrogens (tertiary/aromatic N) is 3. The summed E-state index contributed by atoms with van der Waals surface area (Å²) in [7, 11) is 0. The molecule has 0 N–H and O–H groups in total. The fourth-order valence-corrected chi connectivity index (χ4v) is 2.55. The fourth-order valence-electron chi connectivity index (χ4n) is 2.03. The molecule has 0 bridgehead atoms. The Hall–Kier alpha value is -2.38. The Morgan fingerprint density at radius 2 is 1.70 bits per heavy atom. The molecule has 96 valence electrons. The second-order valence-electron chi connectivity index (χ2n) is 4.18. The molecular weight excluding hydrogens is 266 g/mol. The first-order chi connectivity index (χ1) is 9.88. The minimum Gasteiger partial charge on any atom is -0.222 e. The number of aromatic nitrogens is 2. The van der Waals surface area contributed by atoms with E-state index in [9.17, 15) is 0 Å². The van der Waals surface area contributed by atoms with E-state index in [0.717, 1.165) is 22.2 Å². The molecule has 1 aromatic heterocycles. The summed E-state index contributed by atoms with van der Waals surface area (Å²) in [6, 6.07) is 20.1. The van der Waals surface area contributed by atoms with Crippen LogP contribution in [0.15, 0.2) is 59.8 Å². The molecule has 3 rings (SSSR count). The van der Waals surface area contributed by atoms with Crippen LogP contribution < -0.4 is 0 Å². The van der Waals surface area contributed by atoms with Crippen molar-refractivity contribution in [2.24, 2.45) is 0 Å². The Kier molecular flexibility index (Phi) is 3.62. The first-order valence-electron chi connectivity index (χ1n) is 6.20. The normalized spacial score (nSPS) is 10.3. The van der Waals surface area contributed by atoms with Crippen molar-refractivity contribution < 1.29 is 0 Å². The van der Waals surface area contributed by atoms with Crippen LogP contribution in [-0.4, -0.2) is 15.7 Å². The van der Waals surface area contributed by atoms with Gasteiger partial charge in [-0.15, -0.1) is 0 Å². The Morgan fingerprint density at radius 1 is 0.950 bits per heavy atom. The zero-order valence-corrected chi connectivity index (χ0v) is 11.5. The van der Waals surface area contributed by atoms with Crippen LogP contribution in [0.1, 0.15) is 0 Å². The summed E-state index contributed by atoms with van der Waals surface area (Å²) in [6.45, 7) is 0. The minimum atomic E-state index is 0.354. The second kappa shape index (κ2) is 5.72. The quantitative estimate of drug-likeness (QED) is 0.538. The summed E-state index contributed by atoms with van der Waals surface area (Å²) in [5.41, 5.74) is 2.88. The highest BCUT2D eigenvalue weighted by molar-refractivity contribution is 7.99. The summed E-state index contributed by atoms with van der Waals surface area (Å²) < 4.78 is 0. The molecule has 0 amide bonds. The van der Waals surface area contributed by atoms with Crippen molar-refractivity contribution in [1.82, 2.24) is 9.97 Å². The van der Waals surface area contributed by atoms with Crippen molar-refractivity contribution in [3.8, 4) is 17.3 Å². The fraction of sp³-hybridized carbons (Fsp3) is 0.0625. The summed E-state index contributed by atoms with van der Waals surface area (Å²) in [4.78, 5) is 9.11. The van der Waals surface area contributed by atoms with Gasteiger partial charge in [0.1, 0.15) is 0 Å². The van der Waals surface area contributed by atoms with Gasteiger partial charge in [-0.3, -0.25) is 0 Å². The van der Waals surface area contributed by atoms with Crippen molar-refractivity contribution in [3.05, 3.63) is 54.6 Å². The van der Waals surface area contributed by atoms with Crippen LogP contribution >= 0.6 is 11.8 Å². The van der Waals surface area contributed by atoms with E-state index in [-0.39, 0.29) is 0 Å². The van der Waals surface area contributed by atoms with E-state index in [1.807, 2.05) is 54.6 Å². The van der Waals surface area contributed by atoms with E-state index in [2.05, 4.69) is 16.0 Å². The predicted octanol–water partition coefficient (Wildman–Crippen LogP) is 3.91. The molecule has 0 aliphatic heterocycles. The van der Waals surface area contributed by atoms with E-state index >= 15 is 0 Å². The molecule has 0 saturated carbocycles. The molecule has 3 aromatic rings. The van der Waals surface area contributed by atoms with Gasteiger partial charge < -0.3 is 0 Å². The topological polar surface area (TPSA) is 49.6 Å². The predicted molar refractivity (Wildman–Crippen MR) is 81.3 cm³/mol. The maximum absolute atomic E-state index is 8.70. The van der Waals surface area contributed by atoms with Gasteiger partial charge in [-0.1, -0.05) is 60.3 Å². The highest BCUT2D eigenvalue weighted by Gasteiger charge is 2.09. The molecule has 3 nitrogen and oxygen atoms in total. The van der Waals surface area contributed by atoms with Gasteiger partial charge in [0.15, 0.2) is 5.16 Å². The van der Waals surface area contributed by atoms with Crippen LogP contribution in [-0.2, 0) is 0 Å². The molecular formula is C16H11N3S. The van der Waals surface area contributed by atoms with Crippen LogP contribution in [0.4, 0.5) is 0 Å². The molecule has 0 radical (unpaired) electrons. The van der Waals surface area contributed by atoms with Crippen molar-refractivity contribution in [3.63, 3.8) is 0 Å². The third-order valence-corrected chi connectivity index (χ3v) is 3.61. The number of fused-ring (bicyclic) bond motifs is 1. The molecule has 0 saturated heterocycles. The molecule has 0 fully saturated rings. The molecule has 20 heavy (non-hydrogen) atoms. The molecule has 2 aromatic carbocycles. The lowest BCUT2D eigenvalue weighted by Gasteiger charge is -2.07. The Balaban J connectivity index is 2.20. The van der Waals surface area contributed by atoms with Crippen molar-refractivity contribution >= 4 is 22.7 Å². The van der Waals surface area contributed by atoms with Crippen LogP contribution in [0.3, 0.4) is 0 Å². The average Bonchev–Trinajstić information content (AvgIpc) is 2.53. The Morgan fingerprint density at radius 3 is 2.50 bits per heavy atom. The van der Waals surface area contributed by atoms with Gasteiger partial charge in [-0.05, 0) is 6.07 Å². The number of benzene rings is 2. The highest BCUT2D eigenvalue weighted by atomic mass is 32.2. The zero-order valence-electron chi connectivity index (χ0n) is 10.7. The van der Waals surface area contributed by atoms with E-state index in [1.54, 1.807) is 0 Å². The highest BCUT2D eigenvalue weighted by Crippen LogP contribution is 2.28. The smallest absolute Gasteiger partial charge is 0.189 e. The summed E-state index contributed by atoms with van der Waals surface area (Å²) in [5, 5.41) is 10.4. The molecule has 1 heterocycles. The van der Waals surface area contributed by atoms with Gasteiger partial charge >= 0.3 is 0 Å². The maximum Gasteiger partial charge on any atom is 0.189 e. The van der Waals surface area contributed by atoms with Gasteiger partial charge in [-0.25, -0.2) is 9.97 Å². The first-order valence-corrected chi connectivity index (χ1v) is 7.19. The molecule has 0 aliphatic rings. The van der Waals surface area contributed by atoms with Crippen LogP contribution in [0, 0.1) is 11.3 Å². The first kappa shape index (κ1) is 12.6. The number of thioether (sulfide) groups is 1. The lowest BCUT2D eigenvalue weighted by Crippen LogP contribution is -1.93. The minimum absolute atomic E-state index is 0.354. The molecule has 0 atom stereocenters. The maximum atomic E-state index is 8.70. The zero-order chi connectivity index (χ0) is 13.8. The van der Waals surface area contributed by atoms with E-state index < -0.39 is 0 Å². The standard InChI is InChI=1S/C16H11N3S/c17-10-11-20-16-18-14-9-5-4-8-13(14)15(19-16)12-6-2-1-3-7-12/h1-9H,11H2. The van der Waals surface area contributed by atoms with Crippen molar-refractivity contribution in [2.75, 3.05) is 5.75 Å². The number of hydrogen-bond donors (Lipinski definition) is 0. The van der Waals surface area contributed by atoms with Gasteiger partial charge in [0.2, 0.25) is 0 Å². The van der Waals surface area contributed by atoms with E-state index in [0.29, 0.717) is 10.9 Å². The Bertz CT molecular complexity index is 779. The van der Waals surface area contributed by atoms with Crippen LogP contribution in [0.2, 0.25) is 0 Å². The molecule has 0 unspecified atom stereocenters. The summed E-state index contributed by atoms with van der Waals surface area (Å²) in [5.74, 6) is 0.354. The number of hydrogen-bond acceptors (Lipinski definition) is 4. The SMILES string of the molecule is N#CCSc1nc(-c2ccccc2)c2ccccc2n1. The third kappa shape index (κ3) is 2.49. The van der Waals surface area contributed by atoms with Gasteiger partial charge in [-0.2, -0.15) is 5.26 Å².